The maximum atomic E-state index is 6.21. The summed E-state index contributed by atoms with van der Waals surface area (Å²) in [7, 11) is 0. The van der Waals surface area contributed by atoms with E-state index in [1.165, 1.54) is 25.7 Å². The van der Waals surface area contributed by atoms with Crippen molar-refractivity contribution in [2.45, 2.75) is 32.2 Å². The molecule has 1 aromatic heterocycles. The van der Waals surface area contributed by atoms with Gasteiger partial charge in [-0.2, -0.15) is 0 Å². The smallest absolute Gasteiger partial charge is 0.183 e. The molecule has 0 radical (unpaired) electrons. The molecule has 0 spiro atoms. The molecule has 1 heterocycles. The molecule has 2 aromatic rings. The normalized spacial score (nSPS) is 16.1. The predicted octanol–water partition coefficient (Wildman–Crippen LogP) is 2.77. The predicted molar refractivity (Wildman–Crippen MR) is 74.6 cm³/mol. The molecule has 0 aliphatic heterocycles. The van der Waals surface area contributed by atoms with E-state index in [1.54, 1.807) is 12.1 Å². The highest BCUT2D eigenvalue weighted by Gasteiger charge is 2.19. The minimum absolute atomic E-state index is 0.622. The van der Waals surface area contributed by atoms with Crippen molar-refractivity contribution in [3.05, 3.63) is 23.2 Å². The average Bonchev–Trinajstić information content (AvgIpc) is 3.04. The van der Waals surface area contributed by atoms with E-state index in [2.05, 4.69) is 15.5 Å². The Morgan fingerprint density at radius 1 is 1.32 bits per heavy atom. The quantitative estimate of drug-likeness (QED) is 0.876. The second kappa shape index (κ2) is 5.17. The van der Waals surface area contributed by atoms with Crippen molar-refractivity contribution in [2.24, 2.45) is 5.92 Å². The van der Waals surface area contributed by atoms with E-state index in [0.29, 0.717) is 22.5 Å². The van der Waals surface area contributed by atoms with Crippen molar-refractivity contribution in [2.75, 3.05) is 5.73 Å². The third-order valence-corrected chi connectivity index (χ3v) is 4.00. The highest BCUT2D eigenvalue weighted by Crippen LogP contribution is 2.30. The lowest BCUT2D eigenvalue weighted by molar-refractivity contribution is 0.424. The van der Waals surface area contributed by atoms with Crippen LogP contribution >= 0.6 is 11.6 Å². The van der Waals surface area contributed by atoms with Crippen LogP contribution in [0.15, 0.2) is 18.2 Å². The van der Waals surface area contributed by atoms with Crippen LogP contribution in [0.5, 0.6) is 0 Å². The van der Waals surface area contributed by atoms with E-state index in [1.807, 2.05) is 10.7 Å². The van der Waals surface area contributed by atoms with Crippen LogP contribution in [0.25, 0.3) is 11.4 Å². The number of benzene rings is 1. The van der Waals surface area contributed by atoms with Gasteiger partial charge in [0.1, 0.15) is 0 Å². The second-order valence-corrected chi connectivity index (χ2v) is 5.48. The summed E-state index contributed by atoms with van der Waals surface area (Å²) in [5, 5.41) is 12.6. The molecule has 2 N–H and O–H groups in total. The second-order valence-electron chi connectivity index (χ2n) is 5.07. The zero-order valence-corrected chi connectivity index (χ0v) is 11.3. The average molecular weight is 278 g/mol. The Labute approximate surface area is 116 Å². The number of rotatable bonds is 3. The summed E-state index contributed by atoms with van der Waals surface area (Å²) >= 11 is 6.21. The first-order chi connectivity index (χ1) is 9.24. The molecule has 0 amide bonds. The molecule has 100 valence electrons. The molecule has 6 heteroatoms. The van der Waals surface area contributed by atoms with Crippen LogP contribution in [0.4, 0.5) is 5.69 Å². The van der Waals surface area contributed by atoms with Gasteiger partial charge >= 0.3 is 0 Å². The fraction of sp³-hybridized carbons (Fsp3) is 0.462. The monoisotopic (exact) mass is 277 g/mol. The van der Waals surface area contributed by atoms with E-state index in [0.717, 1.165) is 12.1 Å². The van der Waals surface area contributed by atoms with Gasteiger partial charge in [-0.3, -0.25) is 0 Å². The number of halogens is 1. The minimum atomic E-state index is 0.622. The van der Waals surface area contributed by atoms with E-state index in [4.69, 9.17) is 17.3 Å². The fourth-order valence-corrected chi connectivity index (χ4v) is 2.87. The van der Waals surface area contributed by atoms with Gasteiger partial charge < -0.3 is 5.73 Å². The zero-order valence-electron chi connectivity index (χ0n) is 10.6. The lowest BCUT2D eigenvalue weighted by atomic mass is 10.1. The summed E-state index contributed by atoms with van der Waals surface area (Å²) in [6.45, 7) is 0.855. The molecule has 1 fully saturated rings. The van der Waals surface area contributed by atoms with Gasteiger partial charge in [0.25, 0.3) is 0 Å². The lowest BCUT2D eigenvalue weighted by Crippen LogP contribution is -2.10. The summed E-state index contributed by atoms with van der Waals surface area (Å²) in [6, 6.07) is 5.37. The molecule has 1 aromatic carbocycles. The Hall–Kier alpha value is -1.62. The van der Waals surface area contributed by atoms with Crippen LogP contribution in [0.2, 0.25) is 5.02 Å². The molecule has 3 rings (SSSR count). The summed E-state index contributed by atoms with van der Waals surface area (Å²) in [5.74, 6) is 1.37. The number of aromatic nitrogens is 4. The van der Waals surface area contributed by atoms with Gasteiger partial charge in [-0.05, 0) is 47.4 Å². The Kier molecular flexibility index (Phi) is 3.38. The van der Waals surface area contributed by atoms with E-state index >= 15 is 0 Å². The molecule has 0 saturated heterocycles. The van der Waals surface area contributed by atoms with Crippen LogP contribution in [0.3, 0.4) is 0 Å². The van der Waals surface area contributed by atoms with Gasteiger partial charge in [0, 0.05) is 17.8 Å². The molecule has 19 heavy (non-hydrogen) atoms. The van der Waals surface area contributed by atoms with Crippen LogP contribution < -0.4 is 5.73 Å². The van der Waals surface area contributed by atoms with Crippen molar-refractivity contribution >= 4 is 17.3 Å². The number of hydrogen-bond acceptors (Lipinski definition) is 4. The first-order valence-electron chi connectivity index (χ1n) is 6.55. The van der Waals surface area contributed by atoms with Crippen molar-refractivity contribution in [3.63, 3.8) is 0 Å². The van der Waals surface area contributed by atoms with Crippen molar-refractivity contribution in [3.8, 4) is 11.4 Å². The molecule has 1 aliphatic rings. The molecule has 1 aliphatic carbocycles. The van der Waals surface area contributed by atoms with Crippen LogP contribution in [0.1, 0.15) is 25.7 Å². The SMILES string of the molecule is Nc1ccc(Cl)c(-c2nnnn2CC2CCCC2)c1. The van der Waals surface area contributed by atoms with Gasteiger partial charge in [0.05, 0.1) is 5.02 Å². The molecule has 5 nitrogen and oxygen atoms in total. The van der Waals surface area contributed by atoms with E-state index < -0.39 is 0 Å². The number of hydrogen-bond donors (Lipinski definition) is 1. The molecular formula is C13H16ClN5. The van der Waals surface area contributed by atoms with E-state index in [-0.39, 0.29) is 0 Å². The van der Waals surface area contributed by atoms with Gasteiger partial charge in [0.2, 0.25) is 0 Å². The van der Waals surface area contributed by atoms with Crippen molar-refractivity contribution < 1.29 is 0 Å². The number of anilines is 1. The van der Waals surface area contributed by atoms with Gasteiger partial charge in [-0.1, -0.05) is 24.4 Å². The molecule has 1 saturated carbocycles. The third kappa shape index (κ3) is 2.56. The van der Waals surface area contributed by atoms with Gasteiger partial charge in [-0.25, -0.2) is 4.68 Å². The number of nitrogen functional groups attached to an aromatic ring is 1. The lowest BCUT2D eigenvalue weighted by Gasteiger charge is -2.11. The summed E-state index contributed by atoms with van der Waals surface area (Å²) in [4.78, 5) is 0. The molecular weight excluding hydrogens is 262 g/mol. The fourth-order valence-electron chi connectivity index (χ4n) is 2.67. The largest absolute Gasteiger partial charge is 0.399 e. The standard InChI is InChI=1S/C13H16ClN5/c14-12-6-5-10(15)7-11(12)13-16-17-18-19(13)8-9-3-1-2-4-9/h5-7,9H,1-4,8,15H2. The summed E-state index contributed by atoms with van der Waals surface area (Å²) in [6.07, 6.45) is 5.12. The Morgan fingerprint density at radius 2 is 2.11 bits per heavy atom. The van der Waals surface area contributed by atoms with Gasteiger partial charge in [-0.15, -0.1) is 5.10 Å². The Bertz CT molecular complexity index is 574. The third-order valence-electron chi connectivity index (χ3n) is 3.67. The maximum absolute atomic E-state index is 6.21. The number of tetrazole rings is 1. The first-order valence-corrected chi connectivity index (χ1v) is 6.93. The van der Waals surface area contributed by atoms with E-state index in [9.17, 15) is 0 Å². The van der Waals surface area contributed by atoms with Crippen LogP contribution in [0, 0.1) is 5.92 Å². The topological polar surface area (TPSA) is 69.6 Å². The summed E-state index contributed by atoms with van der Waals surface area (Å²) < 4.78 is 1.84. The van der Waals surface area contributed by atoms with Crippen molar-refractivity contribution in [1.29, 1.82) is 0 Å². The number of nitrogens with zero attached hydrogens (tertiary/aromatic N) is 4. The first kappa shape index (κ1) is 12.4. The highest BCUT2D eigenvalue weighted by molar-refractivity contribution is 6.33. The molecule has 0 bridgehead atoms. The zero-order chi connectivity index (χ0) is 13.2. The summed E-state index contributed by atoms with van der Waals surface area (Å²) in [5.41, 5.74) is 7.27. The Balaban J connectivity index is 1.92. The molecule has 0 atom stereocenters. The number of nitrogens with two attached hydrogens (primary N) is 1. The minimum Gasteiger partial charge on any atom is -0.399 e. The Morgan fingerprint density at radius 3 is 2.89 bits per heavy atom. The van der Waals surface area contributed by atoms with Crippen LogP contribution in [-0.2, 0) is 6.54 Å². The maximum Gasteiger partial charge on any atom is 0.183 e. The van der Waals surface area contributed by atoms with Crippen LogP contribution in [-0.4, -0.2) is 20.2 Å². The highest BCUT2D eigenvalue weighted by atomic mass is 35.5. The van der Waals surface area contributed by atoms with Crippen molar-refractivity contribution in [1.82, 2.24) is 20.2 Å². The van der Waals surface area contributed by atoms with Gasteiger partial charge in [0.15, 0.2) is 5.82 Å². The molecule has 0 unspecified atom stereocenters.